The summed E-state index contributed by atoms with van der Waals surface area (Å²) in [6.45, 7) is 0.223. The van der Waals surface area contributed by atoms with Gasteiger partial charge in [0.25, 0.3) is 11.8 Å². The summed E-state index contributed by atoms with van der Waals surface area (Å²) in [6.07, 6.45) is 0.709. The number of aldehydes is 1. The zero-order valence-corrected chi connectivity index (χ0v) is 15.5. The summed E-state index contributed by atoms with van der Waals surface area (Å²) in [5.41, 5.74) is 1.92. The summed E-state index contributed by atoms with van der Waals surface area (Å²) in [6, 6.07) is 11.8. The van der Waals surface area contributed by atoms with E-state index in [-0.39, 0.29) is 18.4 Å². The Morgan fingerprint density at radius 1 is 1.11 bits per heavy atom. The van der Waals surface area contributed by atoms with Gasteiger partial charge >= 0.3 is 0 Å². The van der Waals surface area contributed by atoms with Gasteiger partial charge in [0.2, 0.25) is 0 Å². The van der Waals surface area contributed by atoms with Gasteiger partial charge in [0, 0.05) is 31.8 Å². The Kier molecular flexibility index (Phi) is 6.93. The number of rotatable bonds is 8. The second kappa shape index (κ2) is 9.38. The van der Waals surface area contributed by atoms with Gasteiger partial charge in [0.1, 0.15) is 6.29 Å². The molecule has 2 rings (SSSR count). The lowest BCUT2D eigenvalue weighted by Gasteiger charge is -2.18. The first kappa shape index (κ1) is 20.0. The number of hydrogen-bond donors (Lipinski definition) is 1. The van der Waals surface area contributed by atoms with Crippen molar-refractivity contribution in [1.29, 1.82) is 0 Å². The van der Waals surface area contributed by atoms with Crippen molar-refractivity contribution in [2.45, 2.75) is 6.54 Å². The molecule has 7 heteroatoms. The summed E-state index contributed by atoms with van der Waals surface area (Å²) in [5, 5.41) is 2.56. The number of methoxy groups -OCH3 is 1. The zero-order valence-electron chi connectivity index (χ0n) is 15.5. The molecular weight excluding hydrogens is 348 g/mol. The minimum atomic E-state index is -0.216. The molecular formula is C20H22N2O5. The van der Waals surface area contributed by atoms with Crippen LogP contribution in [0.3, 0.4) is 0 Å². The fourth-order valence-corrected chi connectivity index (χ4v) is 2.39. The number of hydrogen-bond acceptors (Lipinski definition) is 5. The number of benzene rings is 2. The van der Waals surface area contributed by atoms with Crippen molar-refractivity contribution in [3.8, 4) is 11.5 Å². The van der Waals surface area contributed by atoms with E-state index in [4.69, 9.17) is 9.47 Å². The Morgan fingerprint density at radius 3 is 2.41 bits per heavy atom. The van der Waals surface area contributed by atoms with E-state index < -0.39 is 0 Å². The SMILES string of the molecule is CNC(=O)c1ccc(CN(C)C(=O)COc2ccc(C=O)cc2OC)cc1. The lowest BCUT2D eigenvalue weighted by atomic mass is 10.1. The fourth-order valence-electron chi connectivity index (χ4n) is 2.39. The van der Waals surface area contributed by atoms with Gasteiger partial charge in [-0.2, -0.15) is 0 Å². The summed E-state index contributed by atoms with van der Waals surface area (Å²) in [7, 11) is 4.71. The highest BCUT2D eigenvalue weighted by Crippen LogP contribution is 2.27. The number of ether oxygens (including phenoxy) is 2. The van der Waals surface area contributed by atoms with Crippen LogP contribution in [0, 0.1) is 0 Å². The molecule has 0 aromatic heterocycles. The van der Waals surface area contributed by atoms with E-state index in [0.717, 1.165) is 5.56 Å². The van der Waals surface area contributed by atoms with Gasteiger partial charge in [0.15, 0.2) is 18.1 Å². The van der Waals surface area contributed by atoms with Crippen LogP contribution < -0.4 is 14.8 Å². The molecule has 0 bridgehead atoms. The average molecular weight is 370 g/mol. The lowest BCUT2D eigenvalue weighted by Crippen LogP contribution is -2.31. The molecule has 2 aromatic carbocycles. The topological polar surface area (TPSA) is 84.9 Å². The predicted molar refractivity (Wildman–Crippen MR) is 100 cm³/mol. The van der Waals surface area contributed by atoms with Crippen molar-refractivity contribution < 1.29 is 23.9 Å². The number of carbonyl (C=O) groups excluding carboxylic acids is 3. The van der Waals surface area contributed by atoms with Crippen molar-refractivity contribution in [3.05, 3.63) is 59.2 Å². The van der Waals surface area contributed by atoms with Crippen LogP contribution in [0.15, 0.2) is 42.5 Å². The first-order valence-corrected chi connectivity index (χ1v) is 8.29. The van der Waals surface area contributed by atoms with Gasteiger partial charge in [-0.25, -0.2) is 0 Å². The Hall–Kier alpha value is -3.35. The first-order chi connectivity index (χ1) is 13.0. The highest BCUT2D eigenvalue weighted by atomic mass is 16.5. The highest BCUT2D eigenvalue weighted by Gasteiger charge is 2.13. The molecule has 0 fully saturated rings. The quantitative estimate of drug-likeness (QED) is 0.718. The van der Waals surface area contributed by atoms with Crippen LogP contribution in [0.4, 0.5) is 0 Å². The average Bonchev–Trinajstić information content (AvgIpc) is 2.71. The number of likely N-dealkylation sites (N-methyl/N-ethyl adjacent to an activating group) is 1. The van der Waals surface area contributed by atoms with Crippen LogP contribution in [0.1, 0.15) is 26.3 Å². The molecule has 0 saturated carbocycles. The monoisotopic (exact) mass is 370 g/mol. The summed E-state index contributed by atoms with van der Waals surface area (Å²) < 4.78 is 10.7. The fraction of sp³-hybridized carbons (Fsp3) is 0.250. The van der Waals surface area contributed by atoms with Crippen LogP contribution in [-0.4, -0.2) is 50.8 Å². The predicted octanol–water partition coefficient (Wildman–Crippen LogP) is 1.90. The van der Waals surface area contributed by atoms with Crippen LogP contribution in [0.25, 0.3) is 0 Å². The smallest absolute Gasteiger partial charge is 0.260 e. The van der Waals surface area contributed by atoms with Crippen LogP contribution >= 0.6 is 0 Å². The highest BCUT2D eigenvalue weighted by molar-refractivity contribution is 5.93. The van der Waals surface area contributed by atoms with E-state index in [1.165, 1.54) is 12.0 Å². The maximum absolute atomic E-state index is 12.3. The van der Waals surface area contributed by atoms with E-state index in [1.54, 1.807) is 56.6 Å². The Labute approximate surface area is 157 Å². The van der Waals surface area contributed by atoms with Crippen molar-refractivity contribution in [2.75, 3.05) is 27.8 Å². The molecule has 0 radical (unpaired) electrons. The molecule has 0 aliphatic heterocycles. The maximum Gasteiger partial charge on any atom is 0.260 e. The minimum absolute atomic E-state index is 0.158. The summed E-state index contributed by atoms with van der Waals surface area (Å²) in [4.78, 5) is 36.2. The standard InChI is InChI=1S/C20H22N2O5/c1-21-20(25)16-7-4-14(5-8-16)11-22(2)19(24)13-27-17-9-6-15(12-23)10-18(17)26-3/h4-10,12H,11,13H2,1-3H3,(H,21,25). The number of nitrogens with zero attached hydrogens (tertiary/aromatic N) is 1. The van der Waals surface area contributed by atoms with E-state index in [1.807, 2.05) is 0 Å². The van der Waals surface area contributed by atoms with Crippen molar-refractivity contribution in [3.63, 3.8) is 0 Å². The van der Waals surface area contributed by atoms with Crippen LogP contribution in [0.5, 0.6) is 11.5 Å². The third-order valence-corrected chi connectivity index (χ3v) is 3.96. The molecule has 27 heavy (non-hydrogen) atoms. The third kappa shape index (κ3) is 5.31. The maximum atomic E-state index is 12.3. The van der Waals surface area contributed by atoms with E-state index in [0.29, 0.717) is 35.5 Å². The van der Waals surface area contributed by atoms with Crippen LogP contribution in [0.2, 0.25) is 0 Å². The second-order valence-electron chi connectivity index (χ2n) is 5.84. The minimum Gasteiger partial charge on any atom is -0.493 e. The third-order valence-electron chi connectivity index (χ3n) is 3.96. The molecule has 0 saturated heterocycles. The molecule has 1 N–H and O–H groups in total. The van der Waals surface area contributed by atoms with Gasteiger partial charge in [-0.3, -0.25) is 14.4 Å². The molecule has 0 spiro atoms. The largest absolute Gasteiger partial charge is 0.493 e. The number of amides is 2. The summed E-state index contributed by atoms with van der Waals surface area (Å²) in [5.74, 6) is 0.403. The Bertz CT molecular complexity index is 818. The number of carbonyl (C=O) groups is 3. The van der Waals surface area contributed by atoms with Gasteiger partial charge in [-0.1, -0.05) is 12.1 Å². The Balaban J connectivity index is 1.94. The van der Waals surface area contributed by atoms with Gasteiger partial charge in [-0.15, -0.1) is 0 Å². The van der Waals surface area contributed by atoms with Crippen molar-refractivity contribution in [2.24, 2.45) is 0 Å². The van der Waals surface area contributed by atoms with Crippen molar-refractivity contribution >= 4 is 18.1 Å². The number of nitrogens with one attached hydrogen (secondary N) is 1. The van der Waals surface area contributed by atoms with E-state index in [9.17, 15) is 14.4 Å². The Morgan fingerprint density at radius 2 is 1.81 bits per heavy atom. The molecule has 142 valence electrons. The van der Waals surface area contributed by atoms with Gasteiger partial charge in [-0.05, 0) is 35.9 Å². The first-order valence-electron chi connectivity index (χ1n) is 8.29. The molecule has 7 nitrogen and oxygen atoms in total. The molecule has 2 amide bonds. The zero-order chi connectivity index (χ0) is 19.8. The second-order valence-corrected chi connectivity index (χ2v) is 5.84. The van der Waals surface area contributed by atoms with Crippen LogP contribution in [-0.2, 0) is 11.3 Å². The van der Waals surface area contributed by atoms with Gasteiger partial charge in [0.05, 0.1) is 7.11 Å². The lowest BCUT2D eigenvalue weighted by molar-refractivity contribution is -0.132. The molecule has 0 aliphatic carbocycles. The molecule has 0 aliphatic rings. The van der Waals surface area contributed by atoms with Gasteiger partial charge < -0.3 is 19.7 Å². The van der Waals surface area contributed by atoms with E-state index in [2.05, 4.69) is 5.32 Å². The molecule has 0 atom stereocenters. The normalized spacial score (nSPS) is 10.0. The molecule has 2 aromatic rings. The molecule has 0 unspecified atom stereocenters. The van der Waals surface area contributed by atoms with Crippen molar-refractivity contribution in [1.82, 2.24) is 10.2 Å². The van der Waals surface area contributed by atoms with E-state index >= 15 is 0 Å². The molecule has 0 heterocycles. The summed E-state index contributed by atoms with van der Waals surface area (Å²) >= 11 is 0.